The molecule has 1 heterocycles. The molecule has 1 amide bonds. The maximum Gasteiger partial charge on any atom is 0.252 e. The van der Waals surface area contributed by atoms with Gasteiger partial charge in [0.1, 0.15) is 0 Å². The van der Waals surface area contributed by atoms with Crippen molar-refractivity contribution in [3.63, 3.8) is 0 Å². The van der Waals surface area contributed by atoms with Gasteiger partial charge in [0.2, 0.25) is 0 Å². The molecule has 1 rings (SSSR count). The van der Waals surface area contributed by atoms with E-state index < -0.39 is 12.0 Å². The number of carbonyl (C=O) groups excluding carboxylic acids is 1. The van der Waals surface area contributed by atoms with Gasteiger partial charge in [-0.1, -0.05) is 0 Å². The zero-order valence-electron chi connectivity index (χ0n) is 6.03. The number of carbonyl (C=O) groups is 1. The Morgan fingerprint density at radius 2 is 2.55 bits per heavy atom. The molecule has 0 aliphatic heterocycles. The Bertz CT molecular complexity index is 267. The third-order valence-electron chi connectivity index (χ3n) is 1.35. The summed E-state index contributed by atoms with van der Waals surface area (Å²) in [6.45, 7) is 1.53. The molecule has 0 fully saturated rings. The zero-order valence-corrected chi connectivity index (χ0v) is 6.03. The molecule has 60 valence electrons. The Morgan fingerprint density at radius 3 is 2.91 bits per heavy atom. The molecule has 0 radical (unpaired) electrons. The molecule has 0 aromatic carbocycles. The van der Waals surface area contributed by atoms with E-state index in [-0.39, 0.29) is 5.56 Å². The number of primary amides is 1. The van der Waals surface area contributed by atoms with E-state index in [1.807, 2.05) is 0 Å². The number of nitrogens with one attached hydrogen (secondary N) is 1. The summed E-state index contributed by atoms with van der Waals surface area (Å²) in [5.41, 5.74) is 5.58. The second-order valence-electron chi connectivity index (χ2n) is 2.24. The van der Waals surface area contributed by atoms with Gasteiger partial charge in [0, 0.05) is 0 Å². The Hall–Kier alpha value is -1.36. The van der Waals surface area contributed by atoms with Crippen molar-refractivity contribution in [1.29, 1.82) is 0 Å². The minimum Gasteiger partial charge on any atom is -0.387 e. The normalized spacial score (nSPS) is 12.9. The number of rotatable bonds is 2. The number of nitrogens with two attached hydrogens (primary N) is 1. The largest absolute Gasteiger partial charge is 0.387 e. The van der Waals surface area contributed by atoms with Gasteiger partial charge in [-0.2, -0.15) is 5.10 Å². The van der Waals surface area contributed by atoms with E-state index in [9.17, 15) is 4.79 Å². The van der Waals surface area contributed by atoms with Crippen LogP contribution < -0.4 is 5.73 Å². The average molecular weight is 155 g/mol. The fraction of sp³-hybridized carbons (Fsp3) is 0.333. The molecule has 5 nitrogen and oxygen atoms in total. The minimum absolute atomic E-state index is 0.236. The molecule has 0 saturated heterocycles. The second-order valence-corrected chi connectivity index (χ2v) is 2.24. The standard InChI is InChI=1S/C6H9N3O2/c1-3(10)5-4(6(7)11)2-8-9-5/h2-3,10H,1H3,(H2,7,11)(H,8,9). The van der Waals surface area contributed by atoms with Gasteiger partial charge in [-0.3, -0.25) is 9.89 Å². The molecule has 11 heavy (non-hydrogen) atoms. The number of amides is 1. The summed E-state index contributed by atoms with van der Waals surface area (Å²) in [4.78, 5) is 10.6. The first-order valence-electron chi connectivity index (χ1n) is 3.14. The molecular formula is C6H9N3O2. The molecular weight excluding hydrogens is 146 g/mol. The van der Waals surface area contributed by atoms with E-state index in [1.54, 1.807) is 0 Å². The molecule has 0 bridgehead atoms. The monoisotopic (exact) mass is 155 g/mol. The summed E-state index contributed by atoms with van der Waals surface area (Å²) >= 11 is 0. The van der Waals surface area contributed by atoms with Crippen molar-refractivity contribution in [2.24, 2.45) is 5.73 Å². The van der Waals surface area contributed by atoms with Gasteiger partial charge in [0.15, 0.2) is 0 Å². The summed E-state index contributed by atoms with van der Waals surface area (Å²) in [5.74, 6) is -0.588. The fourth-order valence-corrected chi connectivity index (χ4v) is 0.811. The maximum absolute atomic E-state index is 10.6. The number of hydrogen-bond donors (Lipinski definition) is 3. The molecule has 5 heteroatoms. The summed E-state index contributed by atoms with van der Waals surface area (Å²) in [5, 5.41) is 15.1. The van der Waals surface area contributed by atoms with Crippen molar-refractivity contribution in [3.8, 4) is 0 Å². The minimum atomic E-state index is -0.750. The van der Waals surface area contributed by atoms with Crippen LogP contribution in [-0.4, -0.2) is 21.2 Å². The van der Waals surface area contributed by atoms with Crippen molar-refractivity contribution in [2.45, 2.75) is 13.0 Å². The number of aliphatic hydroxyl groups excluding tert-OH is 1. The maximum atomic E-state index is 10.6. The van der Waals surface area contributed by atoms with E-state index in [0.29, 0.717) is 5.69 Å². The third kappa shape index (κ3) is 1.38. The van der Waals surface area contributed by atoms with E-state index in [0.717, 1.165) is 0 Å². The van der Waals surface area contributed by atoms with Crippen LogP contribution in [0.5, 0.6) is 0 Å². The highest BCUT2D eigenvalue weighted by molar-refractivity contribution is 5.93. The van der Waals surface area contributed by atoms with Crippen molar-refractivity contribution in [2.75, 3.05) is 0 Å². The first-order chi connectivity index (χ1) is 5.13. The van der Waals surface area contributed by atoms with Crippen LogP contribution in [0.25, 0.3) is 0 Å². The van der Waals surface area contributed by atoms with Crippen LogP contribution in [-0.2, 0) is 0 Å². The average Bonchev–Trinajstić information content (AvgIpc) is 2.32. The van der Waals surface area contributed by atoms with Crippen LogP contribution in [0.2, 0.25) is 0 Å². The van der Waals surface area contributed by atoms with Gasteiger partial charge < -0.3 is 10.8 Å². The van der Waals surface area contributed by atoms with Crippen molar-refractivity contribution >= 4 is 5.91 Å². The van der Waals surface area contributed by atoms with E-state index in [4.69, 9.17) is 10.8 Å². The molecule has 0 aliphatic carbocycles. The molecule has 4 N–H and O–H groups in total. The highest BCUT2D eigenvalue weighted by Gasteiger charge is 2.13. The highest BCUT2D eigenvalue weighted by atomic mass is 16.3. The van der Waals surface area contributed by atoms with E-state index in [2.05, 4.69) is 10.2 Å². The van der Waals surface area contributed by atoms with Crippen molar-refractivity contribution in [3.05, 3.63) is 17.5 Å². The van der Waals surface area contributed by atoms with Crippen molar-refractivity contribution in [1.82, 2.24) is 10.2 Å². The van der Waals surface area contributed by atoms with Crippen LogP contribution in [0.15, 0.2) is 6.20 Å². The van der Waals surface area contributed by atoms with E-state index >= 15 is 0 Å². The Kier molecular flexibility index (Phi) is 1.91. The lowest BCUT2D eigenvalue weighted by molar-refractivity contribution is 0.0993. The number of hydrogen-bond acceptors (Lipinski definition) is 3. The molecule has 0 aliphatic rings. The summed E-state index contributed by atoms with van der Waals surface area (Å²) in [6, 6.07) is 0. The van der Waals surface area contributed by atoms with Crippen LogP contribution in [0.3, 0.4) is 0 Å². The van der Waals surface area contributed by atoms with Gasteiger partial charge in [-0.15, -0.1) is 0 Å². The number of aromatic amines is 1. The zero-order chi connectivity index (χ0) is 8.43. The van der Waals surface area contributed by atoms with E-state index in [1.165, 1.54) is 13.1 Å². The Balaban J connectivity index is 3.06. The summed E-state index contributed by atoms with van der Waals surface area (Å²) < 4.78 is 0. The first kappa shape index (κ1) is 7.74. The van der Waals surface area contributed by atoms with Crippen LogP contribution >= 0.6 is 0 Å². The molecule has 0 saturated carbocycles. The SMILES string of the molecule is CC(O)c1[nH]ncc1C(N)=O. The smallest absolute Gasteiger partial charge is 0.252 e. The van der Waals surface area contributed by atoms with Crippen LogP contribution in [0.4, 0.5) is 0 Å². The lowest BCUT2D eigenvalue weighted by Crippen LogP contribution is -2.13. The molecule has 1 aromatic rings. The number of aliphatic hydroxyl groups is 1. The van der Waals surface area contributed by atoms with Crippen LogP contribution in [0, 0.1) is 0 Å². The summed E-state index contributed by atoms with van der Waals surface area (Å²) in [6.07, 6.45) is 0.546. The predicted molar refractivity (Wildman–Crippen MR) is 37.7 cm³/mol. The lowest BCUT2D eigenvalue weighted by atomic mass is 10.2. The quantitative estimate of drug-likeness (QED) is 0.540. The van der Waals surface area contributed by atoms with Gasteiger partial charge in [0.25, 0.3) is 5.91 Å². The molecule has 1 aromatic heterocycles. The van der Waals surface area contributed by atoms with Gasteiger partial charge in [-0.05, 0) is 6.92 Å². The van der Waals surface area contributed by atoms with Gasteiger partial charge >= 0.3 is 0 Å². The topological polar surface area (TPSA) is 92.0 Å². The lowest BCUT2D eigenvalue weighted by Gasteiger charge is -2.00. The molecule has 1 atom stereocenters. The van der Waals surface area contributed by atoms with Crippen LogP contribution in [0.1, 0.15) is 29.1 Å². The van der Waals surface area contributed by atoms with Crippen molar-refractivity contribution < 1.29 is 9.90 Å². The Morgan fingerprint density at radius 1 is 1.91 bits per heavy atom. The third-order valence-corrected chi connectivity index (χ3v) is 1.35. The molecule has 0 spiro atoms. The Labute approximate surface area is 63.2 Å². The second kappa shape index (κ2) is 2.71. The van der Waals surface area contributed by atoms with Gasteiger partial charge in [0.05, 0.1) is 23.6 Å². The highest BCUT2D eigenvalue weighted by Crippen LogP contribution is 2.12. The fourth-order valence-electron chi connectivity index (χ4n) is 0.811. The number of nitrogens with zero attached hydrogens (tertiary/aromatic N) is 1. The van der Waals surface area contributed by atoms with Gasteiger partial charge in [-0.25, -0.2) is 0 Å². The predicted octanol–water partition coefficient (Wildman–Crippen LogP) is -0.438. The molecule has 1 unspecified atom stereocenters. The summed E-state index contributed by atoms with van der Waals surface area (Å²) in [7, 11) is 0. The number of aromatic nitrogens is 2. The first-order valence-corrected chi connectivity index (χ1v) is 3.14. The number of H-pyrrole nitrogens is 1.